The number of halogens is 1. The van der Waals surface area contributed by atoms with E-state index in [4.69, 9.17) is 11.6 Å². The number of hydrogen-bond acceptors (Lipinski definition) is 2. The average Bonchev–Trinajstić information content (AvgIpc) is 2.46. The molecule has 0 aromatic carbocycles. The van der Waals surface area contributed by atoms with Gasteiger partial charge in [-0.3, -0.25) is 4.79 Å². The Kier molecular flexibility index (Phi) is 1.81. The van der Waals surface area contributed by atoms with Gasteiger partial charge in [0.05, 0.1) is 16.6 Å². The van der Waals surface area contributed by atoms with E-state index in [2.05, 4.69) is 4.98 Å². The van der Waals surface area contributed by atoms with E-state index in [0.29, 0.717) is 11.8 Å². The molecule has 0 atom stereocenters. The van der Waals surface area contributed by atoms with Crippen LogP contribution in [-0.2, 0) is 7.05 Å². The molecule has 0 saturated carbocycles. The molecule has 3 nitrogen and oxygen atoms in total. The van der Waals surface area contributed by atoms with Crippen molar-refractivity contribution in [2.75, 3.05) is 0 Å². The monoisotopic (exact) mass is 194 g/mol. The molecule has 0 fully saturated rings. The molecule has 0 N–H and O–H groups in total. The van der Waals surface area contributed by atoms with Crippen molar-refractivity contribution in [2.45, 2.75) is 0 Å². The van der Waals surface area contributed by atoms with Crippen LogP contribution in [0.4, 0.5) is 0 Å². The molecule has 0 bridgehead atoms. The van der Waals surface area contributed by atoms with Gasteiger partial charge in [-0.1, -0.05) is 11.6 Å². The molecule has 0 radical (unpaired) electrons. The summed E-state index contributed by atoms with van der Waals surface area (Å²) in [4.78, 5) is 14.7. The van der Waals surface area contributed by atoms with Crippen LogP contribution in [-0.4, -0.2) is 15.8 Å². The maximum absolute atomic E-state index is 10.6. The number of carbonyl (C=O) groups is 1. The second kappa shape index (κ2) is 2.85. The van der Waals surface area contributed by atoms with Crippen molar-refractivity contribution >= 4 is 28.9 Å². The van der Waals surface area contributed by atoms with Gasteiger partial charge in [0.25, 0.3) is 0 Å². The molecule has 2 aromatic heterocycles. The fraction of sp³-hybridized carbons (Fsp3) is 0.111. The lowest BCUT2D eigenvalue weighted by Crippen LogP contribution is -1.90. The Balaban J connectivity index is 2.84. The van der Waals surface area contributed by atoms with Crippen molar-refractivity contribution in [2.24, 2.45) is 7.05 Å². The predicted molar refractivity (Wildman–Crippen MR) is 51.1 cm³/mol. The van der Waals surface area contributed by atoms with E-state index in [1.807, 2.05) is 23.9 Å². The Bertz CT molecular complexity index is 476. The third-order valence-corrected chi connectivity index (χ3v) is 2.28. The lowest BCUT2D eigenvalue weighted by Gasteiger charge is -1.98. The highest BCUT2D eigenvalue weighted by Crippen LogP contribution is 2.19. The van der Waals surface area contributed by atoms with E-state index in [1.54, 1.807) is 6.07 Å². The smallest absolute Gasteiger partial charge is 0.153 e. The SMILES string of the molecule is Cn1ccc2nc(Cl)c(C=O)cc21. The molecule has 66 valence electrons. The quantitative estimate of drug-likeness (QED) is 0.514. The highest BCUT2D eigenvalue weighted by Gasteiger charge is 2.05. The first-order valence-electron chi connectivity index (χ1n) is 3.79. The fourth-order valence-corrected chi connectivity index (χ4v) is 1.45. The second-order valence-corrected chi connectivity index (χ2v) is 3.18. The Morgan fingerprint density at radius 1 is 1.62 bits per heavy atom. The summed E-state index contributed by atoms with van der Waals surface area (Å²) < 4.78 is 1.89. The van der Waals surface area contributed by atoms with Crippen LogP contribution in [0, 0.1) is 0 Å². The van der Waals surface area contributed by atoms with Gasteiger partial charge in [-0.05, 0) is 12.1 Å². The standard InChI is InChI=1S/C9H7ClN2O/c1-12-3-2-7-8(12)4-6(5-13)9(10)11-7/h2-5H,1H3. The number of hydrogen-bond donors (Lipinski definition) is 0. The first kappa shape index (κ1) is 8.26. The van der Waals surface area contributed by atoms with Gasteiger partial charge in [-0.2, -0.15) is 0 Å². The minimum atomic E-state index is 0.258. The molecule has 0 unspecified atom stereocenters. The first-order chi connectivity index (χ1) is 6.22. The van der Waals surface area contributed by atoms with E-state index in [0.717, 1.165) is 11.0 Å². The summed E-state index contributed by atoms with van der Waals surface area (Å²) in [6.45, 7) is 0. The van der Waals surface area contributed by atoms with Crippen LogP contribution < -0.4 is 0 Å². The summed E-state index contributed by atoms with van der Waals surface area (Å²) in [6.07, 6.45) is 2.59. The highest BCUT2D eigenvalue weighted by atomic mass is 35.5. The molecular formula is C9H7ClN2O. The number of nitrogens with zero attached hydrogens (tertiary/aromatic N) is 2. The van der Waals surface area contributed by atoms with Crippen LogP contribution in [0.5, 0.6) is 0 Å². The van der Waals surface area contributed by atoms with Gasteiger partial charge in [-0.25, -0.2) is 4.98 Å². The van der Waals surface area contributed by atoms with Gasteiger partial charge >= 0.3 is 0 Å². The Morgan fingerprint density at radius 3 is 3.08 bits per heavy atom. The summed E-state index contributed by atoms with van der Waals surface area (Å²) in [7, 11) is 1.90. The van der Waals surface area contributed by atoms with Crippen molar-refractivity contribution in [3.63, 3.8) is 0 Å². The van der Waals surface area contributed by atoms with Crippen LogP contribution in [0.25, 0.3) is 11.0 Å². The third kappa shape index (κ3) is 1.21. The van der Waals surface area contributed by atoms with Crippen molar-refractivity contribution in [1.29, 1.82) is 0 Å². The third-order valence-electron chi connectivity index (χ3n) is 1.97. The highest BCUT2D eigenvalue weighted by molar-refractivity contribution is 6.32. The van der Waals surface area contributed by atoms with Gasteiger partial charge in [0.2, 0.25) is 0 Å². The topological polar surface area (TPSA) is 34.9 Å². The Morgan fingerprint density at radius 2 is 2.38 bits per heavy atom. The number of rotatable bonds is 1. The maximum atomic E-state index is 10.6. The van der Waals surface area contributed by atoms with Crippen molar-refractivity contribution < 1.29 is 4.79 Å². The molecule has 0 spiro atoms. The van der Waals surface area contributed by atoms with Crippen molar-refractivity contribution in [3.8, 4) is 0 Å². The number of carbonyl (C=O) groups excluding carboxylic acids is 1. The van der Waals surface area contributed by atoms with Crippen LogP contribution in [0.2, 0.25) is 5.15 Å². The number of aldehydes is 1. The zero-order chi connectivity index (χ0) is 9.42. The van der Waals surface area contributed by atoms with E-state index in [9.17, 15) is 4.79 Å². The van der Waals surface area contributed by atoms with Crippen LogP contribution in [0.15, 0.2) is 18.3 Å². The average molecular weight is 195 g/mol. The molecule has 0 aliphatic heterocycles. The van der Waals surface area contributed by atoms with Crippen molar-refractivity contribution in [3.05, 3.63) is 29.0 Å². The summed E-state index contributed by atoms with van der Waals surface area (Å²) in [5, 5.41) is 0.258. The lowest BCUT2D eigenvalue weighted by molar-refractivity contribution is 0.112. The van der Waals surface area contributed by atoms with Crippen LogP contribution >= 0.6 is 11.6 Å². The molecule has 2 aromatic rings. The first-order valence-corrected chi connectivity index (χ1v) is 4.17. The largest absolute Gasteiger partial charge is 0.349 e. The number of aromatic nitrogens is 2. The van der Waals surface area contributed by atoms with E-state index in [-0.39, 0.29) is 5.15 Å². The minimum Gasteiger partial charge on any atom is -0.349 e. The summed E-state index contributed by atoms with van der Waals surface area (Å²) in [5.41, 5.74) is 2.14. The molecule has 0 aliphatic carbocycles. The molecule has 4 heteroatoms. The summed E-state index contributed by atoms with van der Waals surface area (Å²) in [5.74, 6) is 0. The molecule has 13 heavy (non-hydrogen) atoms. The van der Waals surface area contributed by atoms with E-state index >= 15 is 0 Å². The second-order valence-electron chi connectivity index (χ2n) is 2.82. The summed E-state index contributed by atoms with van der Waals surface area (Å²) in [6, 6.07) is 3.59. The minimum absolute atomic E-state index is 0.258. The van der Waals surface area contributed by atoms with Gasteiger partial charge in [-0.15, -0.1) is 0 Å². The zero-order valence-corrected chi connectivity index (χ0v) is 7.75. The van der Waals surface area contributed by atoms with Gasteiger partial charge in [0, 0.05) is 13.2 Å². The zero-order valence-electron chi connectivity index (χ0n) is 6.99. The van der Waals surface area contributed by atoms with Gasteiger partial charge < -0.3 is 4.57 Å². The lowest BCUT2D eigenvalue weighted by atomic mass is 10.3. The van der Waals surface area contributed by atoms with Gasteiger partial charge in [0.1, 0.15) is 5.15 Å². The number of aryl methyl sites for hydroxylation is 1. The normalized spacial score (nSPS) is 10.6. The van der Waals surface area contributed by atoms with E-state index < -0.39 is 0 Å². The van der Waals surface area contributed by atoms with Crippen LogP contribution in [0.1, 0.15) is 10.4 Å². The molecular weight excluding hydrogens is 188 g/mol. The summed E-state index contributed by atoms with van der Waals surface area (Å²) >= 11 is 5.76. The van der Waals surface area contributed by atoms with Gasteiger partial charge in [0.15, 0.2) is 6.29 Å². The molecule has 0 saturated heterocycles. The Hall–Kier alpha value is -1.35. The maximum Gasteiger partial charge on any atom is 0.153 e. The molecule has 0 amide bonds. The van der Waals surface area contributed by atoms with Crippen LogP contribution in [0.3, 0.4) is 0 Å². The fourth-order valence-electron chi connectivity index (χ4n) is 1.26. The molecule has 2 rings (SSSR count). The predicted octanol–water partition coefficient (Wildman–Crippen LogP) is 2.04. The number of fused-ring (bicyclic) bond motifs is 1. The molecule has 0 aliphatic rings. The molecule has 2 heterocycles. The van der Waals surface area contributed by atoms with E-state index in [1.165, 1.54) is 0 Å². The number of pyridine rings is 1. The van der Waals surface area contributed by atoms with Crippen molar-refractivity contribution in [1.82, 2.24) is 9.55 Å². The Labute approximate surface area is 79.9 Å².